The topological polar surface area (TPSA) is 34.1 Å². The lowest BCUT2D eigenvalue weighted by atomic mass is 9.63. The molecule has 2 heteroatoms. The minimum absolute atomic E-state index is 0.0402. The summed E-state index contributed by atoms with van der Waals surface area (Å²) in [5.74, 6) is 0.831. The van der Waals surface area contributed by atoms with Crippen molar-refractivity contribution in [2.45, 2.75) is 32.6 Å². The van der Waals surface area contributed by atoms with Crippen LogP contribution in [0.4, 0.5) is 0 Å². The van der Waals surface area contributed by atoms with Crippen molar-refractivity contribution in [3.8, 4) is 0 Å². The molecule has 0 unspecified atom stereocenters. The molecule has 0 N–H and O–H groups in total. The molecular weight excluding hydrogens is 272 g/mol. The van der Waals surface area contributed by atoms with Crippen molar-refractivity contribution in [3.05, 3.63) is 53.1 Å². The molecule has 0 radical (unpaired) electrons. The monoisotopic (exact) mass is 292 g/mol. The minimum atomic E-state index is -0.804. The van der Waals surface area contributed by atoms with E-state index in [1.807, 2.05) is 0 Å². The summed E-state index contributed by atoms with van der Waals surface area (Å²) in [5.41, 5.74) is 3.07. The molecule has 0 aromatic heterocycles. The molecule has 22 heavy (non-hydrogen) atoms. The van der Waals surface area contributed by atoms with E-state index in [-0.39, 0.29) is 17.5 Å². The summed E-state index contributed by atoms with van der Waals surface area (Å²) in [7, 11) is 0. The van der Waals surface area contributed by atoms with Crippen LogP contribution in [0.2, 0.25) is 0 Å². The van der Waals surface area contributed by atoms with Gasteiger partial charge in [-0.25, -0.2) is 0 Å². The molecule has 0 heterocycles. The van der Waals surface area contributed by atoms with Gasteiger partial charge in [-0.15, -0.1) is 0 Å². The standard InChI is InChI=1S/C20H20O2/c1-12(21)20(13(2)22)11-15-10-14-6-3-4-7-16(14)17-8-5-9-18(20)19(15)17/h3-8,10,17-19H,9,11H2,1-2H3/t17-,18-,19+/m1/s1. The molecule has 1 fully saturated rings. The van der Waals surface area contributed by atoms with Gasteiger partial charge in [-0.2, -0.15) is 0 Å². The van der Waals surface area contributed by atoms with E-state index >= 15 is 0 Å². The molecule has 0 aliphatic heterocycles. The van der Waals surface area contributed by atoms with Gasteiger partial charge >= 0.3 is 0 Å². The van der Waals surface area contributed by atoms with Crippen LogP contribution in [-0.2, 0) is 9.59 Å². The van der Waals surface area contributed by atoms with Crippen LogP contribution in [0.25, 0.3) is 6.08 Å². The fourth-order valence-corrected chi connectivity index (χ4v) is 5.07. The lowest BCUT2D eigenvalue weighted by molar-refractivity contribution is -0.141. The average molecular weight is 292 g/mol. The predicted molar refractivity (Wildman–Crippen MR) is 86.3 cm³/mol. The Morgan fingerprint density at radius 2 is 1.86 bits per heavy atom. The van der Waals surface area contributed by atoms with E-state index in [0.29, 0.717) is 18.3 Å². The molecule has 1 saturated carbocycles. The van der Waals surface area contributed by atoms with Crippen LogP contribution in [-0.4, -0.2) is 11.6 Å². The fraction of sp³-hybridized carbons (Fsp3) is 0.400. The molecule has 2 nitrogen and oxygen atoms in total. The van der Waals surface area contributed by atoms with Crippen molar-refractivity contribution in [3.63, 3.8) is 0 Å². The van der Waals surface area contributed by atoms with Gasteiger partial charge in [0, 0.05) is 5.92 Å². The number of benzene rings is 1. The molecule has 0 bridgehead atoms. The van der Waals surface area contributed by atoms with E-state index in [4.69, 9.17) is 0 Å². The first-order valence-corrected chi connectivity index (χ1v) is 8.04. The van der Waals surface area contributed by atoms with E-state index < -0.39 is 5.41 Å². The van der Waals surface area contributed by atoms with Crippen molar-refractivity contribution in [2.24, 2.45) is 17.3 Å². The third-order valence-corrected chi connectivity index (χ3v) is 6.05. The van der Waals surface area contributed by atoms with Gasteiger partial charge in [-0.05, 0) is 49.7 Å². The Bertz CT molecular complexity index is 724. The van der Waals surface area contributed by atoms with E-state index in [2.05, 4.69) is 42.5 Å². The van der Waals surface area contributed by atoms with Crippen molar-refractivity contribution >= 4 is 17.6 Å². The second kappa shape index (κ2) is 4.52. The first kappa shape index (κ1) is 13.7. The lowest BCUT2D eigenvalue weighted by Gasteiger charge is -2.39. The van der Waals surface area contributed by atoms with Crippen molar-refractivity contribution in [2.75, 3.05) is 0 Å². The minimum Gasteiger partial charge on any atom is -0.299 e. The highest BCUT2D eigenvalue weighted by molar-refractivity contribution is 6.06. The molecule has 3 aliphatic rings. The summed E-state index contributed by atoms with van der Waals surface area (Å²) in [6, 6.07) is 8.45. The van der Waals surface area contributed by atoms with Crippen LogP contribution in [0.5, 0.6) is 0 Å². The Morgan fingerprint density at radius 3 is 2.59 bits per heavy atom. The number of carbonyl (C=O) groups is 2. The summed E-state index contributed by atoms with van der Waals surface area (Å²) >= 11 is 0. The van der Waals surface area contributed by atoms with E-state index in [1.54, 1.807) is 13.8 Å². The van der Waals surface area contributed by atoms with Crippen molar-refractivity contribution in [1.29, 1.82) is 0 Å². The van der Waals surface area contributed by atoms with Crippen molar-refractivity contribution < 1.29 is 9.59 Å². The molecule has 0 amide bonds. The maximum atomic E-state index is 12.5. The average Bonchev–Trinajstić information content (AvgIpc) is 2.85. The fourth-order valence-electron chi connectivity index (χ4n) is 5.07. The van der Waals surface area contributed by atoms with Gasteiger partial charge in [-0.1, -0.05) is 48.1 Å². The Kier molecular flexibility index (Phi) is 2.81. The first-order valence-electron chi connectivity index (χ1n) is 8.04. The normalized spacial score (nSPS) is 30.3. The second-order valence-electron chi connectivity index (χ2n) is 6.93. The molecule has 1 aromatic rings. The number of allylic oxidation sites excluding steroid dienone is 3. The largest absolute Gasteiger partial charge is 0.299 e. The Morgan fingerprint density at radius 1 is 1.14 bits per heavy atom. The molecule has 3 aliphatic carbocycles. The number of hydrogen-bond donors (Lipinski definition) is 0. The van der Waals surface area contributed by atoms with Gasteiger partial charge in [0.15, 0.2) is 0 Å². The van der Waals surface area contributed by atoms with Crippen LogP contribution >= 0.6 is 0 Å². The summed E-state index contributed by atoms with van der Waals surface area (Å²) < 4.78 is 0. The van der Waals surface area contributed by atoms with Crippen LogP contribution in [0.15, 0.2) is 42.0 Å². The van der Waals surface area contributed by atoms with E-state index in [0.717, 1.165) is 6.42 Å². The smallest absolute Gasteiger partial charge is 0.143 e. The van der Waals surface area contributed by atoms with Gasteiger partial charge in [0.05, 0.1) is 5.41 Å². The predicted octanol–water partition coefficient (Wildman–Crippen LogP) is 3.93. The zero-order valence-corrected chi connectivity index (χ0v) is 13.0. The van der Waals surface area contributed by atoms with Crippen molar-refractivity contribution in [1.82, 2.24) is 0 Å². The number of Topliss-reactive ketones (excluding diaryl/α,β-unsaturated/α-hetero) is 2. The highest BCUT2D eigenvalue weighted by Gasteiger charge is 2.59. The third kappa shape index (κ3) is 1.55. The number of carbonyl (C=O) groups excluding carboxylic acids is 2. The second-order valence-corrected chi connectivity index (χ2v) is 6.93. The lowest BCUT2D eigenvalue weighted by Crippen LogP contribution is -2.42. The van der Waals surface area contributed by atoms with Crippen LogP contribution < -0.4 is 0 Å². The highest BCUT2D eigenvalue weighted by atomic mass is 16.2. The molecule has 112 valence electrons. The molecule has 0 saturated heterocycles. The molecule has 0 spiro atoms. The highest BCUT2D eigenvalue weighted by Crippen LogP contribution is 2.61. The number of fused-ring (bicyclic) bond motifs is 2. The third-order valence-electron chi connectivity index (χ3n) is 6.05. The Balaban J connectivity index is 1.93. The van der Waals surface area contributed by atoms with Gasteiger partial charge < -0.3 is 0 Å². The Hall–Kier alpha value is -1.96. The molecule has 4 rings (SSSR count). The van der Waals surface area contributed by atoms with Gasteiger partial charge in [0.2, 0.25) is 0 Å². The maximum absolute atomic E-state index is 12.5. The summed E-state index contributed by atoms with van der Waals surface area (Å²) in [6.45, 7) is 3.19. The van der Waals surface area contributed by atoms with Crippen LogP contribution in [0.3, 0.4) is 0 Å². The van der Waals surface area contributed by atoms with Crippen LogP contribution in [0.1, 0.15) is 43.7 Å². The number of ketones is 2. The first-order chi connectivity index (χ1) is 10.6. The van der Waals surface area contributed by atoms with Gasteiger partial charge in [0.25, 0.3) is 0 Å². The summed E-state index contributed by atoms with van der Waals surface area (Å²) in [4.78, 5) is 24.9. The molecule has 1 aromatic carbocycles. The van der Waals surface area contributed by atoms with E-state index in [9.17, 15) is 9.59 Å². The SMILES string of the molecule is CC(=O)C1(C(C)=O)CC2=Cc3ccccc3[C@H]3C=CC[C@@H]1[C@@H]23. The van der Waals surface area contributed by atoms with Gasteiger partial charge in [0.1, 0.15) is 11.6 Å². The molecule has 3 atom stereocenters. The van der Waals surface area contributed by atoms with E-state index in [1.165, 1.54) is 16.7 Å². The summed E-state index contributed by atoms with van der Waals surface area (Å²) in [5, 5.41) is 0. The zero-order chi connectivity index (χ0) is 15.5. The number of rotatable bonds is 2. The summed E-state index contributed by atoms with van der Waals surface area (Å²) in [6.07, 6.45) is 8.14. The van der Waals surface area contributed by atoms with Gasteiger partial charge in [-0.3, -0.25) is 9.59 Å². The Labute approximate surface area is 130 Å². The van der Waals surface area contributed by atoms with Crippen LogP contribution in [0, 0.1) is 17.3 Å². The zero-order valence-electron chi connectivity index (χ0n) is 13.0. The maximum Gasteiger partial charge on any atom is 0.143 e. The number of hydrogen-bond acceptors (Lipinski definition) is 2. The quantitative estimate of drug-likeness (QED) is 0.611. The molecular formula is C20H20O2.